The fraction of sp³-hybridized carbons (Fsp3) is 0.263. The molecule has 0 saturated carbocycles. The van der Waals surface area contributed by atoms with E-state index in [4.69, 9.17) is 5.26 Å². The fourth-order valence-electron chi connectivity index (χ4n) is 3.25. The van der Waals surface area contributed by atoms with Crippen molar-refractivity contribution in [2.24, 2.45) is 0 Å². The zero-order valence-corrected chi connectivity index (χ0v) is 15.4. The van der Waals surface area contributed by atoms with Crippen LogP contribution < -0.4 is 9.62 Å². The molecule has 1 aliphatic heterocycles. The maximum absolute atomic E-state index is 12.5. The lowest BCUT2D eigenvalue weighted by atomic mass is 10.1. The number of amides is 1. The van der Waals surface area contributed by atoms with Gasteiger partial charge in [-0.25, -0.2) is 8.42 Å². The SMILES string of the molecule is C[C@@H]1Cc2cc(C(=O)Nc3ccc(CC#N)cc3)ccc2N1S(C)(=O)=O. The highest BCUT2D eigenvalue weighted by Crippen LogP contribution is 2.34. The van der Waals surface area contributed by atoms with Gasteiger partial charge in [0.15, 0.2) is 0 Å². The molecular weight excluding hydrogens is 350 g/mol. The van der Waals surface area contributed by atoms with Crippen molar-refractivity contribution in [1.29, 1.82) is 5.26 Å². The van der Waals surface area contributed by atoms with E-state index in [2.05, 4.69) is 11.4 Å². The predicted molar refractivity (Wildman–Crippen MR) is 101 cm³/mol. The number of fused-ring (bicyclic) bond motifs is 1. The number of carbonyl (C=O) groups is 1. The van der Waals surface area contributed by atoms with Crippen LogP contribution in [0, 0.1) is 11.3 Å². The lowest BCUT2D eigenvalue weighted by Gasteiger charge is -2.21. The van der Waals surface area contributed by atoms with E-state index in [1.54, 1.807) is 42.5 Å². The van der Waals surface area contributed by atoms with Crippen molar-refractivity contribution in [2.45, 2.75) is 25.8 Å². The lowest BCUT2D eigenvalue weighted by Crippen LogP contribution is -2.34. The van der Waals surface area contributed by atoms with Gasteiger partial charge in [0.05, 0.1) is 24.4 Å². The molecule has 0 bridgehead atoms. The van der Waals surface area contributed by atoms with Gasteiger partial charge < -0.3 is 5.32 Å². The summed E-state index contributed by atoms with van der Waals surface area (Å²) in [6.45, 7) is 1.85. The monoisotopic (exact) mass is 369 g/mol. The molecule has 2 aromatic carbocycles. The van der Waals surface area contributed by atoms with Crippen LogP contribution in [0.5, 0.6) is 0 Å². The Morgan fingerprint density at radius 3 is 2.58 bits per heavy atom. The Hall–Kier alpha value is -2.85. The van der Waals surface area contributed by atoms with Gasteiger partial charge in [0, 0.05) is 17.3 Å². The predicted octanol–water partition coefficient (Wildman–Crippen LogP) is 2.72. The minimum absolute atomic E-state index is 0.161. The van der Waals surface area contributed by atoms with E-state index in [-0.39, 0.29) is 11.9 Å². The highest BCUT2D eigenvalue weighted by molar-refractivity contribution is 7.92. The molecule has 1 aliphatic rings. The third-order valence-corrected chi connectivity index (χ3v) is 5.62. The first-order valence-corrected chi connectivity index (χ1v) is 10.0. The molecule has 0 spiro atoms. The molecule has 0 aliphatic carbocycles. The number of rotatable bonds is 4. The number of carbonyl (C=O) groups excluding carboxylic acids is 1. The number of nitrogens with one attached hydrogen (secondary N) is 1. The van der Waals surface area contributed by atoms with Crippen LogP contribution in [0.15, 0.2) is 42.5 Å². The van der Waals surface area contributed by atoms with Gasteiger partial charge in [0.1, 0.15) is 0 Å². The minimum Gasteiger partial charge on any atom is -0.322 e. The molecule has 1 amide bonds. The van der Waals surface area contributed by atoms with Gasteiger partial charge in [-0.05, 0) is 54.8 Å². The third kappa shape index (κ3) is 3.55. The highest BCUT2D eigenvalue weighted by atomic mass is 32.2. The van der Waals surface area contributed by atoms with Crippen LogP contribution in [0.4, 0.5) is 11.4 Å². The molecule has 0 aromatic heterocycles. The highest BCUT2D eigenvalue weighted by Gasteiger charge is 2.32. The summed E-state index contributed by atoms with van der Waals surface area (Å²) in [5.41, 5.74) is 3.49. The Balaban J connectivity index is 1.80. The van der Waals surface area contributed by atoms with E-state index in [1.807, 2.05) is 6.92 Å². The first-order valence-electron chi connectivity index (χ1n) is 8.19. The smallest absolute Gasteiger partial charge is 0.255 e. The molecule has 1 heterocycles. The maximum atomic E-state index is 12.5. The largest absolute Gasteiger partial charge is 0.322 e. The Bertz CT molecular complexity index is 992. The summed E-state index contributed by atoms with van der Waals surface area (Å²) in [6.07, 6.45) is 2.09. The zero-order valence-electron chi connectivity index (χ0n) is 14.6. The molecule has 0 fully saturated rings. The second kappa shape index (κ2) is 6.81. The van der Waals surface area contributed by atoms with Crippen LogP contribution in [0.3, 0.4) is 0 Å². The van der Waals surface area contributed by atoms with Gasteiger partial charge in [-0.15, -0.1) is 0 Å². The molecule has 2 aromatic rings. The molecule has 7 heteroatoms. The normalized spacial score (nSPS) is 16.0. The van der Waals surface area contributed by atoms with Crippen molar-refractivity contribution in [3.63, 3.8) is 0 Å². The van der Waals surface area contributed by atoms with Crippen LogP contribution in [0.25, 0.3) is 0 Å². The molecule has 134 valence electrons. The first-order chi connectivity index (χ1) is 12.3. The van der Waals surface area contributed by atoms with Crippen LogP contribution in [-0.4, -0.2) is 26.6 Å². The summed E-state index contributed by atoms with van der Waals surface area (Å²) in [5.74, 6) is -0.258. The van der Waals surface area contributed by atoms with Gasteiger partial charge in [-0.1, -0.05) is 12.1 Å². The van der Waals surface area contributed by atoms with Gasteiger partial charge in [-0.3, -0.25) is 9.10 Å². The first kappa shape index (κ1) is 18.0. The average Bonchev–Trinajstić information content (AvgIpc) is 2.91. The molecule has 0 unspecified atom stereocenters. The molecular formula is C19H19N3O3S. The summed E-state index contributed by atoms with van der Waals surface area (Å²) in [6, 6.07) is 14.1. The number of hydrogen-bond donors (Lipinski definition) is 1. The van der Waals surface area contributed by atoms with Crippen LogP contribution >= 0.6 is 0 Å². The second-order valence-electron chi connectivity index (χ2n) is 6.44. The van der Waals surface area contributed by atoms with Crippen LogP contribution in [0.1, 0.15) is 28.4 Å². The molecule has 26 heavy (non-hydrogen) atoms. The van der Waals surface area contributed by atoms with E-state index < -0.39 is 10.0 Å². The fourth-order valence-corrected chi connectivity index (χ4v) is 4.51. The van der Waals surface area contributed by atoms with Gasteiger partial charge >= 0.3 is 0 Å². The molecule has 1 N–H and O–H groups in total. The van der Waals surface area contributed by atoms with E-state index in [0.29, 0.717) is 29.8 Å². The van der Waals surface area contributed by atoms with E-state index in [1.165, 1.54) is 10.6 Å². The second-order valence-corrected chi connectivity index (χ2v) is 8.30. The summed E-state index contributed by atoms with van der Waals surface area (Å²) in [4.78, 5) is 12.5. The summed E-state index contributed by atoms with van der Waals surface area (Å²) in [7, 11) is -3.35. The standard InChI is InChI=1S/C19H19N3O3S/c1-13-11-16-12-15(5-8-18(16)22(13)26(2,24)25)19(23)21-17-6-3-14(4-7-17)9-10-20/h3-8,12-13H,9,11H2,1-2H3,(H,21,23)/t13-/m1/s1. The molecule has 0 saturated heterocycles. The maximum Gasteiger partial charge on any atom is 0.255 e. The van der Waals surface area contributed by atoms with E-state index in [0.717, 1.165) is 11.1 Å². The molecule has 3 rings (SSSR count). The zero-order chi connectivity index (χ0) is 18.9. The third-order valence-electron chi connectivity index (χ3n) is 4.35. The van der Waals surface area contributed by atoms with E-state index in [9.17, 15) is 13.2 Å². The van der Waals surface area contributed by atoms with Crippen molar-refractivity contribution in [3.8, 4) is 6.07 Å². The van der Waals surface area contributed by atoms with Crippen LogP contribution in [0.2, 0.25) is 0 Å². The Labute approximate surface area is 153 Å². The van der Waals surface area contributed by atoms with Crippen LogP contribution in [-0.2, 0) is 22.9 Å². The topological polar surface area (TPSA) is 90.3 Å². The van der Waals surface area contributed by atoms with Gasteiger partial charge in [0.25, 0.3) is 5.91 Å². The number of sulfonamides is 1. The Morgan fingerprint density at radius 1 is 1.27 bits per heavy atom. The summed E-state index contributed by atoms with van der Waals surface area (Å²) >= 11 is 0. The van der Waals surface area contributed by atoms with Crippen molar-refractivity contribution in [2.75, 3.05) is 15.9 Å². The summed E-state index contributed by atoms with van der Waals surface area (Å²) < 4.78 is 25.3. The van der Waals surface area contributed by atoms with Gasteiger partial charge in [-0.2, -0.15) is 5.26 Å². The molecule has 6 nitrogen and oxygen atoms in total. The number of nitrogens with zero attached hydrogens (tertiary/aromatic N) is 2. The number of nitriles is 1. The Morgan fingerprint density at radius 2 is 1.96 bits per heavy atom. The summed E-state index contributed by atoms with van der Waals surface area (Å²) in [5, 5.41) is 11.5. The Kier molecular flexibility index (Phi) is 4.70. The minimum atomic E-state index is -3.35. The van der Waals surface area contributed by atoms with Crippen molar-refractivity contribution in [1.82, 2.24) is 0 Å². The quantitative estimate of drug-likeness (QED) is 0.897. The van der Waals surface area contributed by atoms with Crippen molar-refractivity contribution in [3.05, 3.63) is 59.2 Å². The number of anilines is 2. The van der Waals surface area contributed by atoms with Gasteiger partial charge in [0.2, 0.25) is 10.0 Å². The van der Waals surface area contributed by atoms with Crippen molar-refractivity contribution < 1.29 is 13.2 Å². The van der Waals surface area contributed by atoms with Crippen molar-refractivity contribution >= 4 is 27.3 Å². The number of benzene rings is 2. The number of hydrogen-bond acceptors (Lipinski definition) is 4. The average molecular weight is 369 g/mol. The molecule has 0 radical (unpaired) electrons. The van der Waals surface area contributed by atoms with E-state index >= 15 is 0 Å². The molecule has 1 atom stereocenters. The lowest BCUT2D eigenvalue weighted by molar-refractivity contribution is 0.102.